The lowest BCUT2D eigenvalue weighted by Gasteiger charge is -2.19. The van der Waals surface area contributed by atoms with Gasteiger partial charge in [0.2, 0.25) is 0 Å². The van der Waals surface area contributed by atoms with E-state index in [0.717, 1.165) is 43.6 Å². The Morgan fingerprint density at radius 3 is 3.05 bits per heavy atom. The zero-order valence-electron chi connectivity index (χ0n) is 11.4. The molecule has 0 saturated heterocycles. The van der Waals surface area contributed by atoms with E-state index in [1.54, 1.807) is 11.3 Å². The fourth-order valence-corrected chi connectivity index (χ4v) is 3.37. The molecule has 0 N–H and O–H groups in total. The first kappa shape index (κ1) is 13.4. The molecule has 20 heavy (non-hydrogen) atoms. The maximum absolute atomic E-state index is 12.4. The third-order valence-corrected chi connectivity index (χ3v) is 4.58. The van der Waals surface area contributed by atoms with Crippen LogP contribution < -0.4 is 4.74 Å². The lowest BCUT2D eigenvalue weighted by Crippen LogP contribution is -2.13. The molecular weight excluding hydrogens is 268 g/mol. The molecule has 0 amide bonds. The Morgan fingerprint density at radius 2 is 2.20 bits per heavy atom. The Bertz CT molecular complexity index is 587. The van der Waals surface area contributed by atoms with Crippen molar-refractivity contribution in [3.8, 4) is 5.75 Å². The molecule has 0 unspecified atom stereocenters. The zero-order chi connectivity index (χ0) is 13.8. The van der Waals surface area contributed by atoms with Crippen molar-refractivity contribution in [3.05, 3.63) is 51.7 Å². The van der Waals surface area contributed by atoms with Gasteiger partial charge in [-0.2, -0.15) is 0 Å². The molecule has 104 valence electrons. The fraction of sp³-hybridized carbons (Fsp3) is 0.353. The van der Waals surface area contributed by atoms with E-state index in [-0.39, 0.29) is 5.78 Å². The number of aryl methyl sites for hydroxylation is 2. The number of ether oxygens (including phenoxy) is 1. The molecule has 0 saturated carbocycles. The van der Waals surface area contributed by atoms with E-state index in [1.807, 2.05) is 12.1 Å². The second kappa shape index (κ2) is 6.23. The van der Waals surface area contributed by atoms with Crippen LogP contribution in [0.15, 0.2) is 35.7 Å². The molecule has 3 heteroatoms. The number of Topliss-reactive ketones (excluding diaryl/α,β-unsaturated/α-hetero) is 1. The van der Waals surface area contributed by atoms with Crippen molar-refractivity contribution in [1.29, 1.82) is 0 Å². The first-order valence-electron chi connectivity index (χ1n) is 7.15. The van der Waals surface area contributed by atoms with Crippen molar-refractivity contribution in [3.63, 3.8) is 0 Å². The molecule has 2 nitrogen and oxygen atoms in total. The molecule has 0 fully saturated rings. The van der Waals surface area contributed by atoms with Gasteiger partial charge in [0.1, 0.15) is 5.75 Å². The number of para-hydroxylation sites is 1. The Labute approximate surface area is 123 Å². The quantitative estimate of drug-likeness (QED) is 0.767. The Morgan fingerprint density at radius 1 is 1.25 bits per heavy atom. The number of ketones is 1. The first-order valence-corrected chi connectivity index (χ1v) is 8.03. The smallest absolute Gasteiger partial charge is 0.166 e. The van der Waals surface area contributed by atoms with Crippen LogP contribution in [0.5, 0.6) is 5.75 Å². The van der Waals surface area contributed by atoms with Gasteiger partial charge >= 0.3 is 0 Å². The minimum atomic E-state index is 0.209. The third-order valence-electron chi connectivity index (χ3n) is 3.64. The number of hydrogen-bond acceptors (Lipinski definition) is 3. The molecule has 0 aliphatic carbocycles. The van der Waals surface area contributed by atoms with Crippen LogP contribution in [0.2, 0.25) is 0 Å². The summed E-state index contributed by atoms with van der Waals surface area (Å²) in [7, 11) is 0. The summed E-state index contributed by atoms with van der Waals surface area (Å²) >= 11 is 1.76. The van der Waals surface area contributed by atoms with Gasteiger partial charge < -0.3 is 4.74 Å². The Balaban J connectivity index is 1.65. The largest absolute Gasteiger partial charge is 0.493 e. The number of rotatable bonds is 5. The number of hydrogen-bond donors (Lipinski definition) is 0. The summed E-state index contributed by atoms with van der Waals surface area (Å²) in [6, 6.07) is 10.1. The summed E-state index contributed by atoms with van der Waals surface area (Å²) in [5.41, 5.74) is 1.95. The Kier molecular flexibility index (Phi) is 4.16. The summed E-state index contributed by atoms with van der Waals surface area (Å²) in [5, 5.41) is 2.08. The van der Waals surface area contributed by atoms with Gasteiger partial charge in [0.15, 0.2) is 5.78 Å². The predicted molar refractivity (Wildman–Crippen MR) is 81.8 cm³/mol. The maximum Gasteiger partial charge on any atom is 0.166 e. The molecule has 1 aromatic heterocycles. The van der Waals surface area contributed by atoms with E-state index in [9.17, 15) is 4.79 Å². The normalized spacial score (nSPS) is 13.6. The van der Waals surface area contributed by atoms with Gasteiger partial charge in [0.25, 0.3) is 0 Å². The van der Waals surface area contributed by atoms with Gasteiger partial charge in [-0.25, -0.2) is 0 Å². The van der Waals surface area contributed by atoms with Crippen molar-refractivity contribution in [2.24, 2.45) is 0 Å². The van der Waals surface area contributed by atoms with Gasteiger partial charge in [-0.15, -0.1) is 11.3 Å². The molecule has 3 rings (SSSR count). The molecular formula is C17H18O2S. The zero-order valence-corrected chi connectivity index (χ0v) is 12.2. The molecule has 1 aliphatic heterocycles. The molecule has 1 aromatic carbocycles. The highest BCUT2D eigenvalue weighted by Crippen LogP contribution is 2.30. The summed E-state index contributed by atoms with van der Waals surface area (Å²) < 4.78 is 5.71. The van der Waals surface area contributed by atoms with Gasteiger partial charge in [-0.05, 0) is 48.8 Å². The SMILES string of the molecule is O=C(CCCc1cccs1)c1cccc2c1OCCC2. The van der Waals surface area contributed by atoms with Crippen molar-refractivity contribution >= 4 is 17.1 Å². The first-order chi connectivity index (χ1) is 9.84. The maximum atomic E-state index is 12.4. The summed E-state index contributed by atoms with van der Waals surface area (Å²) in [5.74, 6) is 1.04. The van der Waals surface area contributed by atoms with E-state index < -0.39 is 0 Å². The number of fused-ring (bicyclic) bond motifs is 1. The van der Waals surface area contributed by atoms with E-state index >= 15 is 0 Å². The van der Waals surface area contributed by atoms with Gasteiger partial charge in [-0.3, -0.25) is 4.79 Å². The topological polar surface area (TPSA) is 26.3 Å². The van der Waals surface area contributed by atoms with E-state index in [2.05, 4.69) is 23.6 Å². The van der Waals surface area contributed by atoms with E-state index in [4.69, 9.17) is 4.74 Å². The Hall–Kier alpha value is -1.61. The van der Waals surface area contributed by atoms with Crippen molar-refractivity contribution in [2.45, 2.75) is 32.1 Å². The minimum Gasteiger partial charge on any atom is -0.493 e. The van der Waals surface area contributed by atoms with Crippen LogP contribution in [0.3, 0.4) is 0 Å². The van der Waals surface area contributed by atoms with Crippen LogP contribution in [0.25, 0.3) is 0 Å². The molecule has 0 radical (unpaired) electrons. The van der Waals surface area contributed by atoms with Crippen LogP contribution >= 0.6 is 11.3 Å². The van der Waals surface area contributed by atoms with Crippen LogP contribution in [-0.2, 0) is 12.8 Å². The number of benzene rings is 1. The van der Waals surface area contributed by atoms with Gasteiger partial charge in [-0.1, -0.05) is 18.2 Å². The molecule has 2 aromatic rings. The number of carbonyl (C=O) groups excluding carboxylic acids is 1. The minimum absolute atomic E-state index is 0.209. The molecule has 0 atom stereocenters. The van der Waals surface area contributed by atoms with E-state index in [0.29, 0.717) is 6.42 Å². The average molecular weight is 286 g/mol. The van der Waals surface area contributed by atoms with E-state index in [1.165, 1.54) is 10.4 Å². The monoisotopic (exact) mass is 286 g/mol. The van der Waals surface area contributed by atoms with Crippen molar-refractivity contribution in [2.75, 3.05) is 6.61 Å². The van der Waals surface area contributed by atoms with Crippen LogP contribution in [0, 0.1) is 0 Å². The lowest BCUT2D eigenvalue weighted by molar-refractivity contribution is 0.0975. The molecule has 0 spiro atoms. The van der Waals surface area contributed by atoms with Crippen LogP contribution in [-0.4, -0.2) is 12.4 Å². The molecule has 1 aliphatic rings. The standard InChI is InChI=1S/C17H18O2S/c18-16(10-2-7-14-8-4-12-20-14)15-9-1-5-13-6-3-11-19-17(13)15/h1,4-5,8-9,12H,2-3,6-7,10-11H2. The second-order valence-corrected chi connectivity index (χ2v) is 6.13. The van der Waals surface area contributed by atoms with Crippen molar-refractivity contribution < 1.29 is 9.53 Å². The lowest BCUT2D eigenvalue weighted by atomic mass is 9.98. The predicted octanol–water partition coefficient (Wildman–Crippen LogP) is 4.28. The summed E-state index contributed by atoms with van der Waals surface area (Å²) in [6.07, 6.45) is 4.55. The third kappa shape index (κ3) is 2.93. The molecule has 2 heterocycles. The average Bonchev–Trinajstić information content (AvgIpc) is 3.00. The van der Waals surface area contributed by atoms with Crippen LogP contribution in [0.1, 0.15) is 40.1 Å². The second-order valence-electron chi connectivity index (χ2n) is 5.10. The van der Waals surface area contributed by atoms with Gasteiger partial charge in [0.05, 0.1) is 12.2 Å². The summed E-state index contributed by atoms with van der Waals surface area (Å²) in [6.45, 7) is 0.729. The fourth-order valence-electron chi connectivity index (χ4n) is 2.62. The highest BCUT2D eigenvalue weighted by Gasteiger charge is 2.18. The number of carbonyl (C=O) groups is 1. The van der Waals surface area contributed by atoms with Crippen molar-refractivity contribution in [1.82, 2.24) is 0 Å². The van der Waals surface area contributed by atoms with Gasteiger partial charge in [0, 0.05) is 11.3 Å². The molecule has 0 bridgehead atoms. The highest BCUT2D eigenvalue weighted by molar-refractivity contribution is 7.09. The van der Waals surface area contributed by atoms with Crippen LogP contribution in [0.4, 0.5) is 0 Å². The number of thiophene rings is 1. The summed E-state index contributed by atoms with van der Waals surface area (Å²) in [4.78, 5) is 13.7. The highest BCUT2D eigenvalue weighted by atomic mass is 32.1.